The zero-order chi connectivity index (χ0) is 16.4. The summed E-state index contributed by atoms with van der Waals surface area (Å²) in [5.74, 6) is 1.77. The third-order valence-electron chi connectivity index (χ3n) is 3.75. The Bertz CT molecular complexity index is 841. The van der Waals surface area contributed by atoms with Crippen molar-refractivity contribution in [1.29, 1.82) is 0 Å². The van der Waals surface area contributed by atoms with Gasteiger partial charge in [0.05, 0.1) is 6.54 Å². The Hall–Kier alpha value is -1.71. The molecule has 2 nitrogen and oxygen atoms in total. The van der Waals surface area contributed by atoms with Crippen LogP contribution in [-0.2, 0) is 6.54 Å². The molecule has 4 heteroatoms. The second-order valence-corrected chi connectivity index (χ2v) is 6.87. The number of hydrogen-bond donors (Lipinski definition) is 1. The summed E-state index contributed by atoms with van der Waals surface area (Å²) in [5.41, 5.74) is 4.35. The lowest BCUT2D eigenvalue weighted by Crippen LogP contribution is -1.98. The van der Waals surface area contributed by atoms with E-state index in [9.17, 15) is 0 Å². The highest BCUT2D eigenvalue weighted by molar-refractivity contribution is 9.10. The summed E-state index contributed by atoms with van der Waals surface area (Å²) >= 11 is 9.63. The van der Waals surface area contributed by atoms with Gasteiger partial charge in [-0.15, -0.1) is 0 Å². The Morgan fingerprint density at radius 2 is 1.83 bits per heavy atom. The largest absolute Gasteiger partial charge is 0.459 e. The first-order valence-electron chi connectivity index (χ1n) is 7.38. The Morgan fingerprint density at radius 3 is 2.57 bits per heavy atom. The summed E-state index contributed by atoms with van der Waals surface area (Å²) in [4.78, 5) is 0. The molecule has 23 heavy (non-hydrogen) atoms. The first-order valence-corrected chi connectivity index (χ1v) is 8.55. The van der Waals surface area contributed by atoms with Gasteiger partial charge in [-0.05, 0) is 67.4 Å². The van der Waals surface area contributed by atoms with Crippen LogP contribution in [0.5, 0.6) is 0 Å². The molecule has 3 rings (SSSR count). The molecule has 0 aliphatic heterocycles. The van der Waals surface area contributed by atoms with E-state index in [0.717, 1.165) is 37.8 Å². The van der Waals surface area contributed by atoms with Gasteiger partial charge in [0.25, 0.3) is 0 Å². The Balaban J connectivity index is 1.73. The van der Waals surface area contributed by atoms with Crippen LogP contribution in [0.15, 0.2) is 57.4 Å². The van der Waals surface area contributed by atoms with E-state index in [1.807, 2.05) is 43.3 Å². The van der Waals surface area contributed by atoms with Gasteiger partial charge in [-0.2, -0.15) is 0 Å². The minimum absolute atomic E-state index is 0.620. The molecular formula is C19H17BrClNO. The highest BCUT2D eigenvalue weighted by Crippen LogP contribution is 2.28. The third-order valence-corrected chi connectivity index (χ3v) is 4.65. The second-order valence-electron chi connectivity index (χ2n) is 5.54. The van der Waals surface area contributed by atoms with Crippen molar-refractivity contribution >= 4 is 33.2 Å². The van der Waals surface area contributed by atoms with E-state index in [1.54, 1.807) is 0 Å². The monoisotopic (exact) mass is 389 g/mol. The Kier molecular flexibility index (Phi) is 4.79. The molecule has 0 bridgehead atoms. The topological polar surface area (TPSA) is 25.2 Å². The van der Waals surface area contributed by atoms with Crippen LogP contribution in [0, 0.1) is 13.8 Å². The minimum atomic E-state index is 0.620. The molecule has 0 fully saturated rings. The quantitative estimate of drug-likeness (QED) is 0.543. The fourth-order valence-electron chi connectivity index (χ4n) is 2.41. The van der Waals surface area contributed by atoms with Crippen molar-refractivity contribution in [3.8, 4) is 11.3 Å². The average molecular weight is 391 g/mol. The second kappa shape index (κ2) is 6.81. The summed E-state index contributed by atoms with van der Waals surface area (Å²) in [6, 6.07) is 16.1. The van der Waals surface area contributed by atoms with Gasteiger partial charge in [0.2, 0.25) is 0 Å². The van der Waals surface area contributed by atoms with E-state index >= 15 is 0 Å². The van der Waals surface area contributed by atoms with Crippen molar-refractivity contribution in [2.24, 2.45) is 0 Å². The number of nitrogens with one attached hydrogen (secondary N) is 1. The van der Waals surface area contributed by atoms with Crippen molar-refractivity contribution in [2.75, 3.05) is 5.32 Å². The van der Waals surface area contributed by atoms with Crippen molar-refractivity contribution in [3.63, 3.8) is 0 Å². The number of furan rings is 1. The standard InChI is InChI=1S/C19H17BrClNO/c1-12-3-5-15(10-18(12)21)22-11-16-6-8-19(23-16)17-7-4-14(20)9-13(17)2/h3-10,22H,11H2,1-2H3. The Labute approximate surface area is 149 Å². The lowest BCUT2D eigenvalue weighted by atomic mass is 10.1. The molecule has 118 valence electrons. The van der Waals surface area contributed by atoms with Crippen molar-refractivity contribution < 1.29 is 4.42 Å². The molecule has 0 radical (unpaired) electrons. The summed E-state index contributed by atoms with van der Waals surface area (Å²) in [5, 5.41) is 4.10. The van der Waals surface area contributed by atoms with Crippen LogP contribution in [0.25, 0.3) is 11.3 Å². The molecule has 0 spiro atoms. The number of benzene rings is 2. The van der Waals surface area contributed by atoms with Crippen LogP contribution in [0.4, 0.5) is 5.69 Å². The molecule has 3 aromatic rings. The maximum atomic E-state index is 6.14. The number of anilines is 1. The summed E-state index contributed by atoms with van der Waals surface area (Å²) in [6.45, 7) is 4.69. The van der Waals surface area contributed by atoms with E-state index in [-0.39, 0.29) is 0 Å². The van der Waals surface area contributed by atoms with E-state index in [0.29, 0.717) is 6.54 Å². The zero-order valence-electron chi connectivity index (χ0n) is 13.0. The highest BCUT2D eigenvalue weighted by Gasteiger charge is 2.08. The smallest absolute Gasteiger partial charge is 0.134 e. The van der Waals surface area contributed by atoms with E-state index < -0.39 is 0 Å². The lowest BCUT2D eigenvalue weighted by molar-refractivity contribution is 0.531. The van der Waals surface area contributed by atoms with Gasteiger partial charge in [-0.3, -0.25) is 0 Å². The van der Waals surface area contributed by atoms with E-state index in [4.69, 9.17) is 16.0 Å². The zero-order valence-corrected chi connectivity index (χ0v) is 15.3. The number of hydrogen-bond acceptors (Lipinski definition) is 2. The van der Waals surface area contributed by atoms with Crippen LogP contribution < -0.4 is 5.32 Å². The molecule has 1 aromatic heterocycles. The van der Waals surface area contributed by atoms with Crippen LogP contribution >= 0.6 is 27.5 Å². The van der Waals surface area contributed by atoms with Crippen LogP contribution in [0.2, 0.25) is 5.02 Å². The first kappa shape index (κ1) is 16.2. The SMILES string of the molecule is Cc1ccc(NCc2ccc(-c3ccc(Br)cc3C)o2)cc1Cl. The molecule has 0 aliphatic rings. The van der Waals surface area contributed by atoms with Gasteiger partial charge in [0.1, 0.15) is 11.5 Å². The number of halogens is 2. The number of rotatable bonds is 4. The maximum absolute atomic E-state index is 6.14. The molecule has 2 aromatic carbocycles. The van der Waals surface area contributed by atoms with E-state index in [1.165, 1.54) is 5.56 Å². The summed E-state index contributed by atoms with van der Waals surface area (Å²) in [6.07, 6.45) is 0. The molecule has 1 heterocycles. The predicted octanol–water partition coefficient (Wildman–Crippen LogP) is 6.59. The summed E-state index contributed by atoms with van der Waals surface area (Å²) < 4.78 is 7.03. The van der Waals surface area contributed by atoms with Gasteiger partial charge in [-0.1, -0.05) is 33.6 Å². The molecule has 0 aliphatic carbocycles. The van der Waals surface area contributed by atoms with Gasteiger partial charge in [0.15, 0.2) is 0 Å². The first-order chi connectivity index (χ1) is 11.0. The highest BCUT2D eigenvalue weighted by atomic mass is 79.9. The summed E-state index contributed by atoms with van der Waals surface area (Å²) in [7, 11) is 0. The molecule has 0 unspecified atom stereocenters. The predicted molar refractivity (Wildman–Crippen MR) is 100 cm³/mol. The fourth-order valence-corrected chi connectivity index (χ4v) is 3.07. The molecule has 1 N–H and O–H groups in total. The van der Waals surface area contributed by atoms with Crippen LogP contribution in [0.1, 0.15) is 16.9 Å². The lowest BCUT2D eigenvalue weighted by Gasteiger charge is -2.07. The van der Waals surface area contributed by atoms with Gasteiger partial charge in [0, 0.05) is 20.7 Å². The third kappa shape index (κ3) is 3.80. The molecule has 0 saturated heterocycles. The van der Waals surface area contributed by atoms with Crippen LogP contribution in [-0.4, -0.2) is 0 Å². The molecule has 0 amide bonds. The normalized spacial score (nSPS) is 10.8. The number of aryl methyl sites for hydroxylation is 2. The van der Waals surface area contributed by atoms with Gasteiger partial charge < -0.3 is 9.73 Å². The molecule has 0 saturated carbocycles. The van der Waals surface area contributed by atoms with Crippen molar-refractivity contribution in [1.82, 2.24) is 0 Å². The van der Waals surface area contributed by atoms with E-state index in [2.05, 4.69) is 40.3 Å². The molecular weight excluding hydrogens is 374 g/mol. The molecule has 0 atom stereocenters. The average Bonchev–Trinajstić information content (AvgIpc) is 2.97. The van der Waals surface area contributed by atoms with Gasteiger partial charge >= 0.3 is 0 Å². The maximum Gasteiger partial charge on any atom is 0.134 e. The van der Waals surface area contributed by atoms with Crippen LogP contribution in [0.3, 0.4) is 0 Å². The van der Waals surface area contributed by atoms with Gasteiger partial charge in [-0.25, -0.2) is 0 Å². The Morgan fingerprint density at radius 1 is 1.00 bits per heavy atom. The van der Waals surface area contributed by atoms with Crippen molar-refractivity contribution in [3.05, 3.63) is 74.9 Å². The fraction of sp³-hybridized carbons (Fsp3) is 0.158. The van der Waals surface area contributed by atoms with Crippen molar-refractivity contribution in [2.45, 2.75) is 20.4 Å². The minimum Gasteiger partial charge on any atom is -0.459 e.